The molecule has 2 aromatic carbocycles. The highest BCUT2D eigenvalue weighted by atomic mass is 16.5. The molecule has 10 nitrogen and oxygen atoms in total. The lowest BCUT2D eigenvalue weighted by molar-refractivity contribution is -0.150. The molecule has 2 amide bonds. The van der Waals surface area contributed by atoms with Crippen LogP contribution in [0.4, 0.5) is 11.4 Å². The number of carbonyl (C=O) groups excluding carboxylic acids is 2. The van der Waals surface area contributed by atoms with Gasteiger partial charge in [-0.3, -0.25) is 19.4 Å². The number of ether oxygens (including phenoxy) is 1. The number of hydrogen-bond donors (Lipinski definition) is 3. The van der Waals surface area contributed by atoms with E-state index >= 15 is 0 Å². The molecular formula is C24H23N5O5. The number of anilines is 2. The van der Waals surface area contributed by atoms with Crippen LogP contribution in [0.25, 0.3) is 10.9 Å². The fourth-order valence-electron chi connectivity index (χ4n) is 4.27. The molecule has 2 aliphatic heterocycles. The Hall–Kier alpha value is -4.02. The zero-order valence-electron chi connectivity index (χ0n) is 18.4. The first kappa shape index (κ1) is 21.8. The summed E-state index contributed by atoms with van der Waals surface area (Å²) >= 11 is 0. The van der Waals surface area contributed by atoms with Crippen molar-refractivity contribution in [2.75, 3.05) is 23.4 Å². The average Bonchev–Trinajstić information content (AvgIpc) is 3.21. The van der Waals surface area contributed by atoms with Crippen LogP contribution in [0, 0.1) is 0 Å². The van der Waals surface area contributed by atoms with E-state index in [1.54, 1.807) is 43.4 Å². The molecule has 1 saturated heterocycles. The summed E-state index contributed by atoms with van der Waals surface area (Å²) in [5.41, 5.74) is 9.01. The fourth-order valence-corrected chi connectivity index (χ4v) is 4.27. The van der Waals surface area contributed by atoms with Crippen molar-refractivity contribution in [1.82, 2.24) is 4.57 Å². The predicted molar refractivity (Wildman–Crippen MR) is 127 cm³/mol. The number of nitrogens with one attached hydrogen (secondary N) is 1. The highest BCUT2D eigenvalue weighted by Gasteiger charge is 2.39. The zero-order chi connectivity index (χ0) is 24.0. The van der Waals surface area contributed by atoms with Crippen LogP contribution in [0.15, 0.2) is 58.3 Å². The normalized spacial score (nSPS) is 18.5. The van der Waals surface area contributed by atoms with Crippen LogP contribution in [0.2, 0.25) is 0 Å². The number of fused-ring (bicyclic) bond motifs is 2. The predicted octanol–water partition coefficient (Wildman–Crippen LogP) is 0.489. The zero-order valence-corrected chi connectivity index (χ0v) is 18.4. The van der Waals surface area contributed by atoms with E-state index in [2.05, 4.69) is 10.3 Å². The smallest absolute Gasteiger partial charge is 0.259 e. The van der Waals surface area contributed by atoms with Gasteiger partial charge >= 0.3 is 0 Å². The number of benzene rings is 2. The molecule has 3 heterocycles. The van der Waals surface area contributed by atoms with Crippen molar-refractivity contribution in [3.8, 4) is 0 Å². The van der Waals surface area contributed by atoms with Crippen molar-refractivity contribution in [3.05, 3.63) is 70.0 Å². The molecule has 2 aliphatic rings. The first-order valence-electron chi connectivity index (χ1n) is 10.8. The topological polar surface area (TPSA) is 139 Å². The van der Waals surface area contributed by atoms with Crippen LogP contribution >= 0.6 is 0 Å². The number of aromatic nitrogens is 1. The Balaban J connectivity index is 1.34. The van der Waals surface area contributed by atoms with Gasteiger partial charge in [-0.2, -0.15) is 0 Å². The van der Waals surface area contributed by atoms with Crippen molar-refractivity contribution in [3.63, 3.8) is 0 Å². The molecule has 0 aliphatic carbocycles. The summed E-state index contributed by atoms with van der Waals surface area (Å²) in [6.07, 6.45) is -3.08. The molecule has 0 saturated carbocycles. The van der Waals surface area contributed by atoms with Crippen molar-refractivity contribution < 1.29 is 19.4 Å². The number of pyridine rings is 1. The van der Waals surface area contributed by atoms with E-state index in [9.17, 15) is 19.5 Å². The Morgan fingerprint density at radius 2 is 2.00 bits per heavy atom. The summed E-state index contributed by atoms with van der Waals surface area (Å²) in [5, 5.41) is 14.1. The van der Waals surface area contributed by atoms with Crippen LogP contribution in [0.1, 0.15) is 11.1 Å². The highest BCUT2D eigenvalue weighted by Crippen LogP contribution is 2.25. The second-order valence-corrected chi connectivity index (χ2v) is 8.26. The molecule has 1 fully saturated rings. The van der Waals surface area contributed by atoms with E-state index in [1.165, 1.54) is 15.5 Å². The number of amides is 2. The van der Waals surface area contributed by atoms with Crippen LogP contribution in [0.3, 0.4) is 0 Å². The maximum absolute atomic E-state index is 13.2. The fraction of sp³-hybridized carbons (Fsp3) is 0.250. The summed E-state index contributed by atoms with van der Waals surface area (Å²) in [7, 11) is 1.66. The van der Waals surface area contributed by atoms with E-state index in [0.29, 0.717) is 29.3 Å². The van der Waals surface area contributed by atoms with Gasteiger partial charge in [-0.25, -0.2) is 0 Å². The van der Waals surface area contributed by atoms with Gasteiger partial charge in [0.15, 0.2) is 12.2 Å². The highest BCUT2D eigenvalue weighted by molar-refractivity contribution is 6.05. The van der Waals surface area contributed by atoms with Crippen molar-refractivity contribution in [2.24, 2.45) is 17.8 Å². The summed E-state index contributed by atoms with van der Waals surface area (Å²) in [6.45, 7) is 0.814. The number of nitrogens with zero attached hydrogens (tertiary/aromatic N) is 3. The van der Waals surface area contributed by atoms with Gasteiger partial charge in [0, 0.05) is 36.6 Å². The molecule has 0 spiro atoms. The van der Waals surface area contributed by atoms with Gasteiger partial charge in [0.1, 0.15) is 5.84 Å². The van der Waals surface area contributed by atoms with Crippen molar-refractivity contribution in [2.45, 2.75) is 18.8 Å². The minimum atomic E-state index is -1.71. The maximum Gasteiger partial charge on any atom is 0.259 e. The maximum atomic E-state index is 13.2. The summed E-state index contributed by atoms with van der Waals surface area (Å²) in [5.74, 6) is -0.847. The van der Waals surface area contributed by atoms with Gasteiger partial charge < -0.3 is 30.4 Å². The Morgan fingerprint density at radius 1 is 1.21 bits per heavy atom. The van der Waals surface area contributed by atoms with E-state index < -0.39 is 24.0 Å². The number of nitrogens with two attached hydrogens (primary N) is 1. The van der Waals surface area contributed by atoms with Gasteiger partial charge in [0.25, 0.3) is 17.4 Å². The number of aliphatic imine (C=N–C) groups is 1. The number of aliphatic hydroxyl groups excluding tert-OH is 1. The SMILES string of the molecule is Cn1c(=O)ccc2ccc(N3CCO[C@H]([C@@H](O)C(=O)Nc4ccc5c(c4)CN=C5N)C3=O)cc21. The minimum Gasteiger partial charge on any atom is -0.383 e. The largest absolute Gasteiger partial charge is 0.383 e. The number of aliphatic hydroxyl groups is 1. The van der Waals surface area contributed by atoms with Crippen LogP contribution in [-0.2, 0) is 27.9 Å². The Bertz CT molecular complexity index is 1410. The lowest BCUT2D eigenvalue weighted by atomic mass is 10.1. The van der Waals surface area contributed by atoms with Gasteiger partial charge in [-0.15, -0.1) is 0 Å². The number of aryl methyl sites for hydroxylation is 1. The van der Waals surface area contributed by atoms with Crippen molar-refractivity contribution >= 4 is 39.9 Å². The Labute approximate surface area is 194 Å². The molecule has 0 unspecified atom stereocenters. The number of hydrogen-bond acceptors (Lipinski definition) is 7. The molecule has 0 radical (unpaired) electrons. The number of amidine groups is 1. The Morgan fingerprint density at radius 3 is 2.82 bits per heavy atom. The van der Waals surface area contributed by atoms with Crippen LogP contribution in [-0.4, -0.2) is 52.7 Å². The summed E-state index contributed by atoms with van der Waals surface area (Å²) in [6, 6.07) is 13.7. The third-order valence-corrected chi connectivity index (χ3v) is 6.17. The lowest BCUT2D eigenvalue weighted by Crippen LogP contribution is -2.55. The van der Waals surface area contributed by atoms with E-state index in [4.69, 9.17) is 10.5 Å². The number of carbonyl (C=O) groups is 2. The number of rotatable bonds is 4. The van der Waals surface area contributed by atoms with E-state index in [1.807, 2.05) is 6.07 Å². The van der Waals surface area contributed by atoms with Gasteiger partial charge in [-0.1, -0.05) is 6.07 Å². The van der Waals surface area contributed by atoms with Gasteiger partial charge in [0.2, 0.25) is 0 Å². The molecule has 3 aromatic rings. The standard InChI is InChI=1S/C24H23N5O5/c1-28-18-11-16(5-2-13(18)3-7-19(28)30)29-8-9-34-21(24(29)33)20(31)23(32)27-15-4-6-17-14(10-15)12-26-22(17)25/h2-7,10-11,20-21,31H,8-9,12H2,1H3,(H2,25,26)(H,27,32)/t20-,21-/m1/s1. The van der Waals surface area contributed by atoms with Gasteiger partial charge in [0.05, 0.1) is 18.7 Å². The van der Waals surface area contributed by atoms with Crippen LogP contribution in [0.5, 0.6) is 0 Å². The van der Waals surface area contributed by atoms with Crippen molar-refractivity contribution in [1.29, 1.82) is 0 Å². The summed E-state index contributed by atoms with van der Waals surface area (Å²) < 4.78 is 6.99. The van der Waals surface area contributed by atoms with E-state index in [-0.39, 0.29) is 18.7 Å². The molecular weight excluding hydrogens is 438 g/mol. The average molecular weight is 461 g/mol. The van der Waals surface area contributed by atoms with Gasteiger partial charge in [-0.05, 0) is 47.3 Å². The molecule has 1 aromatic heterocycles. The second-order valence-electron chi connectivity index (χ2n) is 8.26. The summed E-state index contributed by atoms with van der Waals surface area (Å²) in [4.78, 5) is 43.5. The van der Waals surface area contributed by atoms with E-state index in [0.717, 1.165) is 16.5 Å². The second kappa shape index (κ2) is 8.40. The molecule has 34 heavy (non-hydrogen) atoms. The third kappa shape index (κ3) is 3.72. The molecule has 0 bridgehead atoms. The Kier molecular flexibility index (Phi) is 5.39. The number of morpholine rings is 1. The minimum absolute atomic E-state index is 0.141. The quantitative estimate of drug-likeness (QED) is 0.517. The molecule has 4 N–H and O–H groups in total. The molecule has 5 rings (SSSR count). The molecule has 10 heteroatoms. The molecule has 2 atom stereocenters. The third-order valence-electron chi connectivity index (χ3n) is 6.17. The lowest BCUT2D eigenvalue weighted by Gasteiger charge is -2.34. The first-order chi connectivity index (χ1) is 16.3. The first-order valence-corrected chi connectivity index (χ1v) is 10.8. The van der Waals surface area contributed by atoms with Crippen LogP contribution < -0.4 is 21.5 Å². The molecule has 174 valence electrons. The monoisotopic (exact) mass is 461 g/mol.